The number of hydrogen-bond acceptors (Lipinski definition) is 2. The molecule has 260 valence electrons. The summed E-state index contributed by atoms with van der Waals surface area (Å²) in [4.78, 5) is 2.47. The SMILES string of the molecule is CC1(C)C2=CC=CCC2c2cc(N(c3ccc(-c4ccc5ccc6oc7ccccc7c6c5c4)cc3)c3ccc4c(c3)C(C)(C)c3ccccc3-4)ccc21. The molecule has 0 saturated carbocycles. The van der Waals surface area contributed by atoms with Crippen LogP contribution in [-0.4, -0.2) is 0 Å². The molecule has 0 aliphatic heterocycles. The second kappa shape index (κ2) is 11.2. The van der Waals surface area contributed by atoms with Gasteiger partial charge in [0.05, 0.1) is 0 Å². The molecule has 8 aromatic rings. The number of anilines is 3. The molecule has 2 heteroatoms. The van der Waals surface area contributed by atoms with Crippen molar-refractivity contribution in [1.29, 1.82) is 0 Å². The molecule has 0 radical (unpaired) electrons. The summed E-state index contributed by atoms with van der Waals surface area (Å²) in [7, 11) is 0. The van der Waals surface area contributed by atoms with Gasteiger partial charge in [0.1, 0.15) is 11.2 Å². The van der Waals surface area contributed by atoms with Gasteiger partial charge in [-0.1, -0.05) is 136 Å². The van der Waals surface area contributed by atoms with Gasteiger partial charge in [0, 0.05) is 44.6 Å². The van der Waals surface area contributed by atoms with Crippen LogP contribution in [0.2, 0.25) is 0 Å². The molecule has 0 spiro atoms. The molecule has 0 fully saturated rings. The molecular formula is C52H41NO. The zero-order valence-corrected chi connectivity index (χ0v) is 31.2. The van der Waals surface area contributed by atoms with Gasteiger partial charge in [0.25, 0.3) is 0 Å². The van der Waals surface area contributed by atoms with Crippen LogP contribution >= 0.6 is 0 Å². The topological polar surface area (TPSA) is 16.4 Å². The van der Waals surface area contributed by atoms with Crippen LogP contribution in [0.15, 0.2) is 168 Å². The van der Waals surface area contributed by atoms with E-state index in [0.717, 1.165) is 28.7 Å². The fourth-order valence-electron chi connectivity index (χ4n) is 10.1. The second-order valence-corrected chi connectivity index (χ2v) is 16.5. The number of hydrogen-bond donors (Lipinski definition) is 0. The first-order chi connectivity index (χ1) is 26.3. The molecule has 0 saturated heterocycles. The number of allylic oxidation sites excluding steroid dienone is 4. The van der Waals surface area contributed by atoms with Crippen molar-refractivity contribution < 1.29 is 4.42 Å². The monoisotopic (exact) mass is 695 g/mol. The van der Waals surface area contributed by atoms with Crippen molar-refractivity contribution in [3.05, 3.63) is 186 Å². The van der Waals surface area contributed by atoms with Gasteiger partial charge in [-0.15, -0.1) is 0 Å². The number of nitrogens with zero attached hydrogens (tertiary/aromatic N) is 1. The van der Waals surface area contributed by atoms with Crippen LogP contribution in [0.1, 0.15) is 62.3 Å². The minimum Gasteiger partial charge on any atom is -0.456 e. The van der Waals surface area contributed by atoms with Crippen LogP contribution in [0.4, 0.5) is 17.1 Å². The minimum atomic E-state index is -0.0879. The van der Waals surface area contributed by atoms with E-state index >= 15 is 0 Å². The zero-order valence-electron chi connectivity index (χ0n) is 31.2. The van der Waals surface area contributed by atoms with Crippen molar-refractivity contribution >= 4 is 49.8 Å². The van der Waals surface area contributed by atoms with Crippen molar-refractivity contribution in [1.82, 2.24) is 0 Å². The predicted molar refractivity (Wildman–Crippen MR) is 227 cm³/mol. The molecule has 1 aromatic heterocycles. The lowest BCUT2D eigenvalue weighted by atomic mass is 9.79. The molecule has 1 atom stereocenters. The lowest BCUT2D eigenvalue weighted by molar-refractivity contribution is 0.612. The Hall–Kier alpha value is -6.12. The van der Waals surface area contributed by atoms with E-state index in [9.17, 15) is 0 Å². The Morgan fingerprint density at radius 2 is 1.28 bits per heavy atom. The van der Waals surface area contributed by atoms with Crippen molar-refractivity contribution in [2.24, 2.45) is 0 Å². The van der Waals surface area contributed by atoms with Crippen molar-refractivity contribution in [2.45, 2.75) is 50.9 Å². The zero-order chi connectivity index (χ0) is 36.3. The molecule has 1 unspecified atom stereocenters. The standard InChI is InChI=1S/C52H41NO/c1-51(2)45-15-9-6-12-39(45)43-30-36(25-27-46(43)51)53(37-24-26-40-38-11-5-8-14-44(38)52(3,4)47(40)31-37)35-22-19-32(20-23-35)34-18-17-33-21-28-49-50(42(33)29-34)41-13-7-10-16-48(41)54-49/h5-11,13-31,39H,12H2,1-4H3. The van der Waals surface area contributed by atoms with Crippen LogP contribution in [0.25, 0.3) is 55.0 Å². The first-order valence-electron chi connectivity index (χ1n) is 19.3. The van der Waals surface area contributed by atoms with E-state index in [1.807, 2.05) is 6.07 Å². The van der Waals surface area contributed by atoms with Crippen LogP contribution < -0.4 is 4.90 Å². The number of para-hydroxylation sites is 1. The highest BCUT2D eigenvalue weighted by Crippen LogP contribution is 2.55. The smallest absolute Gasteiger partial charge is 0.136 e. The Labute approximate surface area is 316 Å². The average molecular weight is 696 g/mol. The summed E-state index contributed by atoms with van der Waals surface area (Å²) in [6.07, 6.45) is 7.99. The van der Waals surface area contributed by atoms with Crippen LogP contribution in [0, 0.1) is 0 Å². The van der Waals surface area contributed by atoms with Gasteiger partial charge in [-0.2, -0.15) is 0 Å². The first-order valence-corrected chi connectivity index (χ1v) is 19.3. The maximum atomic E-state index is 6.25. The summed E-state index contributed by atoms with van der Waals surface area (Å²) < 4.78 is 6.25. The van der Waals surface area contributed by atoms with Gasteiger partial charge in [-0.25, -0.2) is 0 Å². The highest BCUT2D eigenvalue weighted by molar-refractivity contribution is 6.19. The van der Waals surface area contributed by atoms with Crippen LogP contribution in [0.3, 0.4) is 0 Å². The lowest BCUT2D eigenvalue weighted by Gasteiger charge is -2.29. The van der Waals surface area contributed by atoms with E-state index in [4.69, 9.17) is 4.42 Å². The molecular weight excluding hydrogens is 655 g/mol. The summed E-state index contributed by atoms with van der Waals surface area (Å²) in [5.41, 5.74) is 17.6. The Balaban J connectivity index is 1.05. The maximum Gasteiger partial charge on any atom is 0.136 e. The highest BCUT2D eigenvalue weighted by atomic mass is 16.3. The summed E-state index contributed by atoms with van der Waals surface area (Å²) in [6, 6.07) is 51.8. The molecule has 11 rings (SSSR count). The van der Waals surface area contributed by atoms with Gasteiger partial charge in [0.15, 0.2) is 0 Å². The molecule has 0 bridgehead atoms. The molecule has 7 aromatic carbocycles. The number of rotatable bonds is 4. The van der Waals surface area contributed by atoms with E-state index in [2.05, 4.69) is 184 Å². The first kappa shape index (κ1) is 31.4. The minimum absolute atomic E-state index is 0.0211. The van der Waals surface area contributed by atoms with Crippen molar-refractivity contribution in [3.63, 3.8) is 0 Å². The fraction of sp³-hybridized carbons (Fsp3) is 0.154. The summed E-state index contributed by atoms with van der Waals surface area (Å²) in [5, 5.41) is 4.77. The highest BCUT2D eigenvalue weighted by Gasteiger charge is 2.42. The molecule has 3 aliphatic rings. The third-order valence-electron chi connectivity index (χ3n) is 12.9. The fourth-order valence-corrected chi connectivity index (χ4v) is 10.1. The van der Waals surface area contributed by atoms with Crippen LogP contribution in [-0.2, 0) is 10.8 Å². The summed E-state index contributed by atoms with van der Waals surface area (Å²) in [6.45, 7) is 9.51. The van der Waals surface area contributed by atoms with E-state index < -0.39 is 0 Å². The third kappa shape index (κ3) is 4.40. The molecule has 3 aliphatic carbocycles. The predicted octanol–water partition coefficient (Wildman–Crippen LogP) is 14.4. The van der Waals surface area contributed by atoms with Gasteiger partial charge < -0.3 is 9.32 Å². The molecule has 1 heterocycles. The molecule has 2 nitrogen and oxygen atoms in total. The molecule has 54 heavy (non-hydrogen) atoms. The summed E-state index contributed by atoms with van der Waals surface area (Å²) in [5.74, 6) is 0.421. The largest absolute Gasteiger partial charge is 0.456 e. The van der Waals surface area contributed by atoms with Crippen molar-refractivity contribution in [2.75, 3.05) is 4.90 Å². The summed E-state index contributed by atoms with van der Waals surface area (Å²) >= 11 is 0. The van der Waals surface area contributed by atoms with E-state index in [1.165, 1.54) is 77.6 Å². The van der Waals surface area contributed by atoms with Crippen LogP contribution in [0.5, 0.6) is 0 Å². The number of fused-ring (bicyclic) bond motifs is 11. The Morgan fingerprint density at radius 1 is 0.556 bits per heavy atom. The second-order valence-electron chi connectivity index (χ2n) is 16.5. The Morgan fingerprint density at radius 3 is 2.17 bits per heavy atom. The quantitative estimate of drug-likeness (QED) is 0.182. The average Bonchev–Trinajstić information content (AvgIpc) is 3.78. The van der Waals surface area contributed by atoms with E-state index in [-0.39, 0.29) is 10.8 Å². The molecule has 0 amide bonds. The number of benzene rings is 7. The van der Waals surface area contributed by atoms with E-state index in [0.29, 0.717) is 5.92 Å². The van der Waals surface area contributed by atoms with Crippen molar-refractivity contribution in [3.8, 4) is 22.3 Å². The Bertz CT molecular complexity index is 2910. The molecule has 0 N–H and O–H groups in total. The van der Waals surface area contributed by atoms with E-state index in [1.54, 1.807) is 0 Å². The van der Waals surface area contributed by atoms with Gasteiger partial charge in [-0.05, 0) is 116 Å². The maximum absolute atomic E-state index is 6.25. The normalized spacial score (nSPS) is 17.3. The number of furan rings is 1. The lowest BCUT2D eigenvalue weighted by Crippen LogP contribution is -2.17. The third-order valence-corrected chi connectivity index (χ3v) is 12.9. The van der Waals surface area contributed by atoms with Gasteiger partial charge in [0.2, 0.25) is 0 Å². The Kier molecular flexibility index (Phi) is 6.51. The van der Waals surface area contributed by atoms with Gasteiger partial charge in [-0.3, -0.25) is 0 Å². The van der Waals surface area contributed by atoms with Gasteiger partial charge >= 0.3 is 0 Å².